The Hall–Kier alpha value is -1.43. The van der Waals surface area contributed by atoms with E-state index in [4.69, 9.17) is 4.42 Å². The van der Waals surface area contributed by atoms with Crippen LogP contribution in [-0.4, -0.2) is 40.1 Å². The molecule has 1 unspecified atom stereocenters. The number of hydrogen-bond acceptors (Lipinski definition) is 5. The summed E-state index contributed by atoms with van der Waals surface area (Å²) in [5, 5.41) is 11.0. The minimum absolute atomic E-state index is 0.0497. The van der Waals surface area contributed by atoms with Gasteiger partial charge in [0.15, 0.2) is 0 Å². The van der Waals surface area contributed by atoms with E-state index >= 15 is 0 Å². The fourth-order valence-corrected chi connectivity index (χ4v) is 2.37. The quantitative estimate of drug-likeness (QED) is 0.831. The van der Waals surface area contributed by atoms with Gasteiger partial charge in [-0.1, -0.05) is 6.92 Å². The molecule has 1 saturated carbocycles. The molecule has 3 rings (SSSR count). The molecule has 2 fully saturated rings. The number of nitrogens with zero attached hydrogens (tertiary/aromatic N) is 3. The van der Waals surface area contributed by atoms with Gasteiger partial charge in [-0.15, -0.1) is 10.2 Å². The third-order valence-electron chi connectivity index (χ3n) is 3.61. The van der Waals surface area contributed by atoms with Crippen molar-refractivity contribution >= 4 is 5.91 Å². The van der Waals surface area contributed by atoms with Crippen molar-refractivity contribution < 1.29 is 9.21 Å². The lowest BCUT2D eigenvalue weighted by Crippen LogP contribution is -2.40. The molecule has 1 aromatic heterocycles. The Balaban J connectivity index is 1.66. The molecule has 1 aliphatic heterocycles. The maximum Gasteiger partial charge on any atom is 0.237 e. The molecule has 0 aromatic carbocycles. The molecule has 1 aromatic rings. The van der Waals surface area contributed by atoms with Crippen LogP contribution in [0.15, 0.2) is 4.42 Å². The van der Waals surface area contributed by atoms with E-state index in [1.165, 1.54) is 0 Å². The van der Waals surface area contributed by atoms with Crippen LogP contribution in [0.1, 0.15) is 43.9 Å². The zero-order chi connectivity index (χ0) is 12.5. The average molecular weight is 250 g/mol. The van der Waals surface area contributed by atoms with Crippen molar-refractivity contribution in [3.63, 3.8) is 0 Å². The van der Waals surface area contributed by atoms with Crippen LogP contribution in [0.2, 0.25) is 0 Å². The molecule has 1 N–H and O–H groups in total. The zero-order valence-corrected chi connectivity index (χ0v) is 10.6. The molecule has 6 heteroatoms. The lowest BCUT2D eigenvalue weighted by molar-refractivity contribution is -0.123. The molecule has 98 valence electrons. The Morgan fingerprint density at radius 2 is 2.22 bits per heavy atom. The predicted molar refractivity (Wildman–Crippen MR) is 63.8 cm³/mol. The summed E-state index contributed by atoms with van der Waals surface area (Å²) in [6, 6.07) is -0.0497. The fraction of sp³-hybridized carbons (Fsp3) is 0.750. The van der Waals surface area contributed by atoms with Gasteiger partial charge in [-0.2, -0.15) is 0 Å². The van der Waals surface area contributed by atoms with E-state index in [2.05, 4.69) is 20.4 Å². The Bertz CT molecular complexity index is 441. The topological polar surface area (TPSA) is 71.3 Å². The number of rotatable bonds is 5. The normalized spacial score (nSPS) is 23.7. The molecule has 2 heterocycles. The van der Waals surface area contributed by atoms with Crippen LogP contribution in [0, 0.1) is 0 Å². The van der Waals surface area contributed by atoms with Crippen LogP contribution in [0.25, 0.3) is 0 Å². The molecule has 1 saturated heterocycles. The third-order valence-corrected chi connectivity index (χ3v) is 3.61. The second-order valence-electron chi connectivity index (χ2n) is 4.97. The Morgan fingerprint density at radius 1 is 1.39 bits per heavy atom. The first-order valence-electron chi connectivity index (χ1n) is 6.62. The summed E-state index contributed by atoms with van der Waals surface area (Å²) >= 11 is 0. The smallest absolute Gasteiger partial charge is 0.237 e. The summed E-state index contributed by atoms with van der Waals surface area (Å²) in [5.41, 5.74) is 0. The monoisotopic (exact) mass is 250 g/mol. The Kier molecular flexibility index (Phi) is 3.03. The standard InChI is InChI=1S/C12H18N4O2/c1-2-16(9-5-6-13-11(9)17)7-10-14-15-12(18-10)8-3-4-8/h8-9H,2-7H2,1H3,(H,13,17). The molecular formula is C12H18N4O2. The van der Waals surface area contributed by atoms with Crippen LogP contribution < -0.4 is 5.32 Å². The highest BCUT2D eigenvalue weighted by atomic mass is 16.4. The molecule has 0 bridgehead atoms. The van der Waals surface area contributed by atoms with Crippen LogP contribution >= 0.6 is 0 Å². The molecule has 2 aliphatic rings. The van der Waals surface area contributed by atoms with E-state index < -0.39 is 0 Å². The van der Waals surface area contributed by atoms with Gasteiger partial charge in [-0.05, 0) is 25.8 Å². The van der Waals surface area contributed by atoms with Crippen LogP contribution in [0.4, 0.5) is 0 Å². The summed E-state index contributed by atoms with van der Waals surface area (Å²) < 4.78 is 5.64. The van der Waals surface area contributed by atoms with Gasteiger partial charge >= 0.3 is 0 Å². The van der Waals surface area contributed by atoms with E-state index in [1.54, 1.807) is 0 Å². The van der Waals surface area contributed by atoms with Crippen molar-refractivity contribution in [2.45, 2.75) is 44.7 Å². The molecule has 0 spiro atoms. The number of carbonyl (C=O) groups is 1. The van der Waals surface area contributed by atoms with E-state index in [0.29, 0.717) is 18.4 Å². The van der Waals surface area contributed by atoms with Crippen molar-refractivity contribution in [2.75, 3.05) is 13.1 Å². The lowest BCUT2D eigenvalue weighted by atomic mass is 10.2. The molecule has 18 heavy (non-hydrogen) atoms. The van der Waals surface area contributed by atoms with E-state index in [1.807, 2.05) is 6.92 Å². The van der Waals surface area contributed by atoms with Crippen LogP contribution in [-0.2, 0) is 11.3 Å². The molecule has 1 atom stereocenters. The summed E-state index contributed by atoms with van der Waals surface area (Å²) in [6.07, 6.45) is 3.17. The summed E-state index contributed by atoms with van der Waals surface area (Å²) in [5.74, 6) is 1.98. The average Bonchev–Trinajstić information content (AvgIpc) is 2.98. The first-order valence-corrected chi connectivity index (χ1v) is 6.62. The maximum absolute atomic E-state index is 11.7. The number of aromatic nitrogens is 2. The second kappa shape index (κ2) is 4.68. The maximum atomic E-state index is 11.7. The van der Waals surface area contributed by atoms with Crippen LogP contribution in [0.3, 0.4) is 0 Å². The van der Waals surface area contributed by atoms with Gasteiger partial charge < -0.3 is 9.73 Å². The van der Waals surface area contributed by atoms with Gasteiger partial charge in [0.1, 0.15) is 0 Å². The fourth-order valence-electron chi connectivity index (χ4n) is 2.37. The molecule has 1 amide bonds. The highest BCUT2D eigenvalue weighted by Crippen LogP contribution is 2.39. The van der Waals surface area contributed by atoms with Crippen molar-refractivity contribution in [1.82, 2.24) is 20.4 Å². The van der Waals surface area contributed by atoms with Crippen molar-refractivity contribution in [3.05, 3.63) is 11.8 Å². The van der Waals surface area contributed by atoms with Crippen LogP contribution in [0.5, 0.6) is 0 Å². The Labute approximate surface area is 106 Å². The van der Waals surface area contributed by atoms with Gasteiger partial charge in [-0.3, -0.25) is 9.69 Å². The van der Waals surface area contributed by atoms with E-state index in [-0.39, 0.29) is 11.9 Å². The van der Waals surface area contributed by atoms with E-state index in [0.717, 1.165) is 38.2 Å². The summed E-state index contributed by atoms with van der Waals surface area (Å²) in [4.78, 5) is 13.8. The first-order chi connectivity index (χ1) is 8.78. The number of amides is 1. The van der Waals surface area contributed by atoms with Crippen molar-refractivity contribution in [2.24, 2.45) is 0 Å². The molecule has 6 nitrogen and oxygen atoms in total. The highest BCUT2D eigenvalue weighted by molar-refractivity contribution is 5.83. The third kappa shape index (κ3) is 2.25. The highest BCUT2D eigenvalue weighted by Gasteiger charge is 2.32. The second-order valence-corrected chi connectivity index (χ2v) is 4.97. The van der Waals surface area contributed by atoms with Gasteiger partial charge in [-0.25, -0.2) is 0 Å². The minimum Gasteiger partial charge on any atom is -0.424 e. The van der Waals surface area contributed by atoms with Crippen molar-refractivity contribution in [1.29, 1.82) is 0 Å². The summed E-state index contributed by atoms with van der Waals surface area (Å²) in [7, 11) is 0. The predicted octanol–water partition coefficient (Wildman–Crippen LogP) is 0.657. The largest absolute Gasteiger partial charge is 0.424 e. The number of hydrogen-bond donors (Lipinski definition) is 1. The first kappa shape index (κ1) is 11.6. The molecular weight excluding hydrogens is 232 g/mol. The SMILES string of the molecule is CCN(Cc1nnc(C2CC2)o1)C1CCNC1=O. The number of likely N-dealkylation sites (N-methyl/N-ethyl adjacent to an activating group) is 1. The number of nitrogens with one attached hydrogen (secondary N) is 1. The van der Waals surface area contributed by atoms with Gasteiger partial charge in [0, 0.05) is 12.5 Å². The summed E-state index contributed by atoms with van der Waals surface area (Å²) in [6.45, 7) is 4.18. The number of carbonyl (C=O) groups excluding carboxylic acids is 1. The van der Waals surface area contributed by atoms with Gasteiger partial charge in [0.25, 0.3) is 0 Å². The van der Waals surface area contributed by atoms with E-state index in [9.17, 15) is 4.79 Å². The van der Waals surface area contributed by atoms with Gasteiger partial charge in [0.05, 0.1) is 12.6 Å². The molecule has 1 aliphatic carbocycles. The molecule has 0 radical (unpaired) electrons. The minimum atomic E-state index is -0.0497. The van der Waals surface area contributed by atoms with Crippen molar-refractivity contribution in [3.8, 4) is 0 Å². The lowest BCUT2D eigenvalue weighted by Gasteiger charge is -2.23. The Morgan fingerprint density at radius 3 is 2.83 bits per heavy atom. The van der Waals surface area contributed by atoms with Gasteiger partial charge in [0.2, 0.25) is 17.7 Å². The zero-order valence-electron chi connectivity index (χ0n) is 10.6.